The molecule has 0 aliphatic rings. The molecular formula is C13H13NO3. The number of nitrogens with zero attached hydrogens (tertiary/aromatic N) is 1. The van der Waals surface area contributed by atoms with E-state index in [0.29, 0.717) is 0 Å². The molecule has 0 amide bonds. The lowest BCUT2D eigenvalue weighted by molar-refractivity contribution is -0.142. The van der Waals surface area contributed by atoms with E-state index in [1.807, 2.05) is 24.3 Å². The lowest BCUT2D eigenvalue weighted by Gasteiger charge is -2.09. The lowest BCUT2D eigenvalue weighted by Crippen LogP contribution is -2.17. The third-order valence-corrected chi connectivity index (χ3v) is 2.67. The molecule has 0 bridgehead atoms. The number of aryl methyl sites for hydroxylation is 1. The van der Waals surface area contributed by atoms with Gasteiger partial charge in [0.15, 0.2) is 0 Å². The third kappa shape index (κ3) is 2.20. The Hall–Kier alpha value is -2.10. The van der Waals surface area contributed by atoms with Crippen molar-refractivity contribution in [1.82, 2.24) is 4.57 Å². The maximum Gasteiger partial charge on any atom is 0.302 e. The van der Waals surface area contributed by atoms with Gasteiger partial charge in [0.2, 0.25) is 0 Å². The summed E-state index contributed by atoms with van der Waals surface area (Å²) in [5.41, 5.74) is 1.46. The predicted molar refractivity (Wildman–Crippen MR) is 64.7 cm³/mol. The molecule has 0 fully saturated rings. The van der Waals surface area contributed by atoms with Gasteiger partial charge in [0.25, 0.3) is 5.56 Å². The van der Waals surface area contributed by atoms with Crippen LogP contribution in [0.2, 0.25) is 0 Å². The van der Waals surface area contributed by atoms with Crippen LogP contribution in [-0.2, 0) is 23.2 Å². The Bertz CT molecular complexity index is 628. The normalized spacial score (nSPS) is 10.5. The minimum atomic E-state index is -0.352. The smallest absolute Gasteiger partial charge is 0.302 e. The Morgan fingerprint density at radius 2 is 2.06 bits per heavy atom. The quantitative estimate of drug-likeness (QED) is 0.737. The fourth-order valence-corrected chi connectivity index (χ4v) is 1.78. The van der Waals surface area contributed by atoms with Crippen LogP contribution in [-0.4, -0.2) is 10.5 Å². The second-order valence-electron chi connectivity index (χ2n) is 3.86. The van der Waals surface area contributed by atoms with Crippen molar-refractivity contribution in [2.45, 2.75) is 13.5 Å². The molecule has 0 spiro atoms. The van der Waals surface area contributed by atoms with Crippen LogP contribution in [0.4, 0.5) is 0 Å². The first-order valence-corrected chi connectivity index (χ1v) is 5.30. The van der Waals surface area contributed by atoms with Crippen molar-refractivity contribution in [2.75, 3.05) is 0 Å². The molecule has 1 aromatic heterocycles. The van der Waals surface area contributed by atoms with Gasteiger partial charge < -0.3 is 9.30 Å². The fourth-order valence-electron chi connectivity index (χ4n) is 1.78. The highest BCUT2D eigenvalue weighted by Crippen LogP contribution is 2.16. The second kappa shape index (κ2) is 4.41. The van der Waals surface area contributed by atoms with Crippen molar-refractivity contribution in [3.8, 4) is 0 Å². The molecule has 1 heterocycles. The van der Waals surface area contributed by atoms with Crippen molar-refractivity contribution in [3.05, 3.63) is 46.2 Å². The Morgan fingerprint density at radius 3 is 2.76 bits per heavy atom. The monoisotopic (exact) mass is 231 g/mol. The molecule has 1 aromatic carbocycles. The van der Waals surface area contributed by atoms with Crippen LogP contribution in [0, 0.1) is 0 Å². The SMILES string of the molecule is CC(=O)OCc1cc(=O)n(C)c2ccccc12. The van der Waals surface area contributed by atoms with E-state index in [1.54, 1.807) is 11.6 Å². The highest BCUT2D eigenvalue weighted by Gasteiger charge is 2.06. The van der Waals surface area contributed by atoms with Crippen LogP contribution in [0.15, 0.2) is 35.1 Å². The number of benzene rings is 1. The fraction of sp³-hybridized carbons (Fsp3) is 0.231. The summed E-state index contributed by atoms with van der Waals surface area (Å²) in [5.74, 6) is -0.352. The third-order valence-electron chi connectivity index (χ3n) is 2.67. The van der Waals surface area contributed by atoms with E-state index in [-0.39, 0.29) is 18.1 Å². The highest BCUT2D eigenvalue weighted by atomic mass is 16.5. The van der Waals surface area contributed by atoms with Gasteiger partial charge in [-0.2, -0.15) is 0 Å². The Morgan fingerprint density at radius 1 is 1.35 bits per heavy atom. The van der Waals surface area contributed by atoms with Gasteiger partial charge in [-0.3, -0.25) is 9.59 Å². The van der Waals surface area contributed by atoms with Crippen LogP contribution in [0.5, 0.6) is 0 Å². The summed E-state index contributed by atoms with van der Waals surface area (Å²) in [7, 11) is 1.72. The number of carbonyl (C=O) groups is 1. The van der Waals surface area contributed by atoms with Gasteiger partial charge in [0, 0.05) is 31.0 Å². The number of fused-ring (bicyclic) bond motifs is 1. The van der Waals surface area contributed by atoms with E-state index in [4.69, 9.17) is 4.74 Å². The molecule has 0 saturated carbocycles. The molecule has 0 atom stereocenters. The largest absolute Gasteiger partial charge is 0.461 e. The zero-order valence-corrected chi connectivity index (χ0v) is 9.77. The number of carbonyl (C=O) groups excluding carboxylic acids is 1. The Kier molecular flexibility index (Phi) is 2.95. The topological polar surface area (TPSA) is 48.3 Å². The first kappa shape index (κ1) is 11.4. The van der Waals surface area contributed by atoms with E-state index in [1.165, 1.54) is 13.0 Å². The molecule has 0 saturated heterocycles. The van der Waals surface area contributed by atoms with Gasteiger partial charge in [0.1, 0.15) is 6.61 Å². The van der Waals surface area contributed by atoms with Gasteiger partial charge in [0.05, 0.1) is 5.52 Å². The number of para-hydroxylation sites is 1. The van der Waals surface area contributed by atoms with E-state index in [0.717, 1.165) is 16.5 Å². The average Bonchev–Trinajstić information content (AvgIpc) is 2.32. The minimum Gasteiger partial charge on any atom is -0.461 e. The summed E-state index contributed by atoms with van der Waals surface area (Å²) in [5, 5.41) is 0.927. The first-order chi connectivity index (χ1) is 8.09. The molecule has 4 heteroatoms. The maximum atomic E-state index is 11.7. The molecule has 0 aliphatic carbocycles. The van der Waals surface area contributed by atoms with Crippen molar-refractivity contribution in [3.63, 3.8) is 0 Å². The predicted octanol–water partition coefficient (Wildman–Crippen LogP) is 1.60. The Labute approximate surface area is 98.4 Å². The van der Waals surface area contributed by atoms with Crippen LogP contribution < -0.4 is 5.56 Å². The standard InChI is InChI=1S/C13H13NO3/c1-9(15)17-8-10-7-13(16)14(2)12-6-4-3-5-11(10)12/h3-7H,8H2,1-2H3. The summed E-state index contributed by atoms with van der Waals surface area (Å²) in [4.78, 5) is 22.5. The summed E-state index contributed by atoms with van der Waals surface area (Å²) in [6, 6.07) is 9.05. The summed E-state index contributed by atoms with van der Waals surface area (Å²) in [6.45, 7) is 1.48. The molecule has 0 radical (unpaired) electrons. The van der Waals surface area contributed by atoms with Crippen LogP contribution in [0.1, 0.15) is 12.5 Å². The Balaban J connectivity index is 2.59. The van der Waals surface area contributed by atoms with Gasteiger partial charge in [-0.05, 0) is 6.07 Å². The van der Waals surface area contributed by atoms with Crippen LogP contribution in [0.25, 0.3) is 10.9 Å². The molecular weight excluding hydrogens is 218 g/mol. The molecule has 0 aliphatic heterocycles. The number of hydrogen-bond donors (Lipinski definition) is 0. The van der Waals surface area contributed by atoms with Crippen molar-refractivity contribution >= 4 is 16.9 Å². The zero-order chi connectivity index (χ0) is 12.4. The molecule has 2 rings (SSSR count). The van der Waals surface area contributed by atoms with E-state index >= 15 is 0 Å². The molecule has 0 N–H and O–H groups in total. The summed E-state index contributed by atoms with van der Waals surface area (Å²) < 4.78 is 6.52. The van der Waals surface area contributed by atoms with Gasteiger partial charge in [-0.15, -0.1) is 0 Å². The van der Waals surface area contributed by atoms with Crippen molar-refractivity contribution in [1.29, 1.82) is 0 Å². The highest BCUT2D eigenvalue weighted by molar-refractivity contribution is 5.82. The minimum absolute atomic E-state index is 0.106. The van der Waals surface area contributed by atoms with Gasteiger partial charge in [-0.1, -0.05) is 18.2 Å². The van der Waals surface area contributed by atoms with E-state index < -0.39 is 0 Å². The number of esters is 1. The van der Waals surface area contributed by atoms with Gasteiger partial charge in [-0.25, -0.2) is 0 Å². The average molecular weight is 231 g/mol. The van der Waals surface area contributed by atoms with Gasteiger partial charge >= 0.3 is 5.97 Å². The first-order valence-electron chi connectivity index (χ1n) is 5.30. The number of hydrogen-bond acceptors (Lipinski definition) is 3. The second-order valence-corrected chi connectivity index (χ2v) is 3.86. The van der Waals surface area contributed by atoms with Crippen molar-refractivity contribution < 1.29 is 9.53 Å². The van der Waals surface area contributed by atoms with Crippen LogP contribution in [0.3, 0.4) is 0 Å². The number of ether oxygens (including phenoxy) is 1. The molecule has 17 heavy (non-hydrogen) atoms. The number of rotatable bonds is 2. The molecule has 0 unspecified atom stereocenters. The number of pyridine rings is 1. The van der Waals surface area contributed by atoms with E-state index in [9.17, 15) is 9.59 Å². The molecule has 4 nitrogen and oxygen atoms in total. The molecule has 2 aromatic rings. The maximum absolute atomic E-state index is 11.7. The van der Waals surface area contributed by atoms with Crippen molar-refractivity contribution in [2.24, 2.45) is 7.05 Å². The molecule has 88 valence electrons. The zero-order valence-electron chi connectivity index (χ0n) is 9.77. The summed E-state index contributed by atoms with van der Waals surface area (Å²) >= 11 is 0. The summed E-state index contributed by atoms with van der Waals surface area (Å²) in [6.07, 6.45) is 0. The number of aromatic nitrogens is 1. The van der Waals surface area contributed by atoms with Crippen LogP contribution >= 0.6 is 0 Å². The lowest BCUT2D eigenvalue weighted by atomic mass is 10.1. The van der Waals surface area contributed by atoms with E-state index in [2.05, 4.69) is 0 Å².